The molecule has 1 saturated carbocycles. The molecule has 2 fully saturated rings. The number of nitrogens with two attached hydrogens (primary N) is 1. The molecule has 1 heterocycles. The first-order valence-corrected chi connectivity index (χ1v) is 5.44. The Morgan fingerprint density at radius 3 is 2.14 bits per heavy atom. The van der Waals surface area contributed by atoms with Crippen molar-refractivity contribution in [2.75, 3.05) is 13.1 Å². The van der Waals surface area contributed by atoms with Crippen LogP contribution in [0.1, 0.15) is 25.7 Å². The molecule has 0 atom stereocenters. The van der Waals surface area contributed by atoms with Crippen LogP contribution in [0.15, 0.2) is 0 Å². The molecule has 0 amide bonds. The Morgan fingerprint density at radius 1 is 1.14 bits per heavy atom. The third kappa shape index (κ3) is 2.06. The normalized spacial score (nSPS) is 36.0. The minimum Gasteiger partial charge on any atom is -0.328 e. The van der Waals surface area contributed by atoms with Gasteiger partial charge in [0.1, 0.15) is 0 Å². The van der Waals surface area contributed by atoms with Crippen LogP contribution in [0, 0.1) is 5.92 Å². The van der Waals surface area contributed by atoms with E-state index >= 15 is 0 Å². The van der Waals surface area contributed by atoms with Gasteiger partial charge < -0.3 is 10.6 Å². The second-order valence-electron chi connectivity index (χ2n) is 4.59. The molecular formula is C10H18F2N2. The Morgan fingerprint density at radius 2 is 1.71 bits per heavy atom. The summed E-state index contributed by atoms with van der Waals surface area (Å²) in [6.45, 7) is 1.68. The van der Waals surface area contributed by atoms with Crippen molar-refractivity contribution in [3.05, 3.63) is 0 Å². The molecule has 4 heteroatoms. The maximum atomic E-state index is 12.4. The molecule has 1 aliphatic carbocycles. The molecule has 2 aliphatic rings. The monoisotopic (exact) mass is 204 g/mol. The van der Waals surface area contributed by atoms with Crippen LogP contribution in [0.2, 0.25) is 0 Å². The fourth-order valence-electron chi connectivity index (χ4n) is 2.46. The molecule has 2 rings (SSSR count). The zero-order valence-electron chi connectivity index (χ0n) is 8.33. The van der Waals surface area contributed by atoms with E-state index in [0.29, 0.717) is 24.9 Å². The predicted octanol–water partition coefficient (Wildman–Crippen LogP) is 1.45. The SMILES string of the molecule is NC1CC(N2CCC(C(F)F)CC2)C1. The average molecular weight is 204 g/mol. The number of halogens is 2. The van der Waals surface area contributed by atoms with Crippen LogP contribution in [0.25, 0.3) is 0 Å². The van der Waals surface area contributed by atoms with Crippen molar-refractivity contribution in [1.29, 1.82) is 0 Å². The van der Waals surface area contributed by atoms with Gasteiger partial charge in [-0.05, 0) is 38.8 Å². The first kappa shape index (κ1) is 10.3. The second kappa shape index (κ2) is 4.11. The number of nitrogens with zero attached hydrogens (tertiary/aromatic N) is 1. The Kier molecular flexibility index (Phi) is 3.02. The van der Waals surface area contributed by atoms with E-state index in [0.717, 1.165) is 25.9 Å². The molecule has 0 aromatic heterocycles. The van der Waals surface area contributed by atoms with E-state index in [2.05, 4.69) is 4.90 Å². The molecule has 2 nitrogen and oxygen atoms in total. The highest BCUT2D eigenvalue weighted by molar-refractivity contribution is 4.91. The standard InChI is InChI=1S/C10H18F2N2/c11-10(12)7-1-3-14(4-2-7)9-5-8(13)6-9/h7-10H,1-6,13H2. The van der Waals surface area contributed by atoms with Crippen LogP contribution >= 0.6 is 0 Å². The van der Waals surface area contributed by atoms with Crippen molar-refractivity contribution in [3.8, 4) is 0 Å². The quantitative estimate of drug-likeness (QED) is 0.737. The molecule has 1 aliphatic heterocycles. The number of alkyl halides is 2. The molecule has 2 N–H and O–H groups in total. The van der Waals surface area contributed by atoms with Crippen LogP contribution in [0.3, 0.4) is 0 Å². The second-order valence-corrected chi connectivity index (χ2v) is 4.59. The molecule has 82 valence electrons. The highest BCUT2D eigenvalue weighted by atomic mass is 19.3. The third-order valence-electron chi connectivity index (χ3n) is 3.60. The molecule has 1 saturated heterocycles. The van der Waals surface area contributed by atoms with Crippen molar-refractivity contribution >= 4 is 0 Å². The third-order valence-corrected chi connectivity index (χ3v) is 3.60. The van der Waals surface area contributed by atoms with E-state index in [1.54, 1.807) is 0 Å². The lowest BCUT2D eigenvalue weighted by atomic mass is 9.84. The maximum Gasteiger partial charge on any atom is 0.241 e. The van der Waals surface area contributed by atoms with Crippen LogP contribution in [-0.4, -0.2) is 36.5 Å². The number of piperidine rings is 1. The van der Waals surface area contributed by atoms with Gasteiger partial charge in [0, 0.05) is 18.0 Å². The van der Waals surface area contributed by atoms with Gasteiger partial charge in [0.25, 0.3) is 0 Å². The van der Waals surface area contributed by atoms with E-state index < -0.39 is 6.43 Å². The van der Waals surface area contributed by atoms with Gasteiger partial charge in [-0.1, -0.05) is 0 Å². The van der Waals surface area contributed by atoms with Crippen molar-refractivity contribution in [2.24, 2.45) is 11.7 Å². The topological polar surface area (TPSA) is 29.3 Å². The van der Waals surface area contributed by atoms with Gasteiger partial charge in [0.05, 0.1) is 0 Å². The molecule has 0 radical (unpaired) electrons. The minimum atomic E-state index is -2.12. The Labute approximate surface area is 83.4 Å². The lowest BCUT2D eigenvalue weighted by molar-refractivity contribution is 0.00896. The van der Waals surface area contributed by atoms with E-state index in [1.807, 2.05) is 0 Å². The van der Waals surface area contributed by atoms with Gasteiger partial charge in [-0.3, -0.25) is 0 Å². The van der Waals surface area contributed by atoms with Crippen LogP contribution in [0.4, 0.5) is 8.78 Å². The summed E-state index contributed by atoms with van der Waals surface area (Å²) in [7, 11) is 0. The van der Waals surface area contributed by atoms with Gasteiger partial charge in [-0.2, -0.15) is 0 Å². The Hall–Kier alpha value is -0.220. The van der Waals surface area contributed by atoms with Crippen LogP contribution < -0.4 is 5.73 Å². The lowest BCUT2D eigenvalue weighted by Gasteiger charge is -2.44. The highest BCUT2D eigenvalue weighted by Gasteiger charge is 2.34. The first-order valence-electron chi connectivity index (χ1n) is 5.44. The lowest BCUT2D eigenvalue weighted by Crippen LogP contribution is -2.53. The van der Waals surface area contributed by atoms with Gasteiger partial charge in [0.15, 0.2) is 0 Å². The van der Waals surface area contributed by atoms with Crippen molar-refractivity contribution in [3.63, 3.8) is 0 Å². The van der Waals surface area contributed by atoms with Gasteiger partial charge in [-0.25, -0.2) is 8.78 Å². The summed E-state index contributed by atoms with van der Waals surface area (Å²) in [6.07, 6.45) is 1.30. The van der Waals surface area contributed by atoms with Crippen LogP contribution in [0.5, 0.6) is 0 Å². The molecule has 0 bridgehead atoms. The van der Waals surface area contributed by atoms with Crippen LogP contribution in [-0.2, 0) is 0 Å². The van der Waals surface area contributed by atoms with Crippen molar-refractivity contribution < 1.29 is 8.78 Å². The molecule has 0 spiro atoms. The number of hydrogen-bond donors (Lipinski definition) is 1. The fourth-order valence-corrected chi connectivity index (χ4v) is 2.46. The summed E-state index contributed by atoms with van der Waals surface area (Å²) in [6, 6.07) is 0.941. The van der Waals surface area contributed by atoms with Crippen molar-refractivity contribution in [1.82, 2.24) is 4.90 Å². The van der Waals surface area contributed by atoms with Gasteiger partial charge in [-0.15, -0.1) is 0 Å². The van der Waals surface area contributed by atoms with E-state index in [4.69, 9.17) is 5.73 Å². The van der Waals surface area contributed by atoms with Crippen molar-refractivity contribution in [2.45, 2.75) is 44.2 Å². The highest BCUT2D eigenvalue weighted by Crippen LogP contribution is 2.30. The van der Waals surface area contributed by atoms with Gasteiger partial charge in [0.2, 0.25) is 6.43 Å². The first-order chi connectivity index (χ1) is 6.66. The smallest absolute Gasteiger partial charge is 0.241 e. The van der Waals surface area contributed by atoms with E-state index in [9.17, 15) is 8.78 Å². The zero-order valence-corrected chi connectivity index (χ0v) is 8.33. The number of hydrogen-bond acceptors (Lipinski definition) is 2. The zero-order chi connectivity index (χ0) is 10.1. The summed E-state index contributed by atoms with van der Waals surface area (Å²) in [5.41, 5.74) is 5.70. The van der Waals surface area contributed by atoms with E-state index in [1.165, 1.54) is 0 Å². The van der Waals surface area contributed by atoms with E-state index in [-0.39, 0.29) is 5.92 Å². The Bertz CT molecular complexity index is 185. The van der Waals surface area contributed by atoms with Gasteiger partial charge >= 0.3 is 0 Å². The predicted molar refractivity (Wildman–Crippen MR) is 51.3 cm³/mol. The molecule has 0 unspecified atom stereocenters. The molecular weight excluding hydrogens is 186 g/mol. The fraction of sp³-hybridized carbons (Fsp3) is 1.00. The Balaban J connectivity index is 1.73. The summed E-state index contributed by atoms with van der Waals surface area (Å²) in [5, 5.41) is 0. The summed E-state index contributed by atoms with van der Waals surface area (Å²) < 4.78 is 24.7. The molecule has 14 heavy (non-hydrogen) atoms. The summed E-state index contributed by atoms with van der Waals surface area (Å²) >= 11 is 0. The number of rotatable bonds is 2. The average Bonchev–Trinajstić information content (AvgIpc) is 2.13. The largest absolute Gasteiger partial charge is 0.328 e. The minimum absolute atomic E-state index is 0.354. The number of likely N-dealkylation sites (tertiary alicyclic amines) is 1. The maximum absolute atomic E-state index is 12.4. The molecule has 0 aromatic carbocycles. The summed E-state index contributed by atoms with van der Waals surface area (Å²) in [4.78, 5) is 2.34. The summed E-state index contributed by atoms with van der Waals surface area (Å²) in [5.74, 6) is -0.361. The molecule has 0 aromatic rings.